The Morgan fingerprint density at radius 3 is 2.72 bits per heavy atom. The van der Waals surface area contributed by atoms with Gasteiger partial charge in [0.05, 0.1) is 26.4 Å². The van der Waals surface area contributed by atoms with Crippen LogP contribution in [0, 0.1) is 0 Å². The minimum atomic E-state index is -0.0561. The third-order valence-electron chi connectivity index (χ3n) is 3.38. The molecular formula is C14H21NO3. The Labute approximate surface area is 108 Å². The van der Waals surface area contributed by atoms with E-state index in [1.54, 1.807) is 7.11 Å². The zero-order valence-corrected chi connectivity index (χ0v) is 11.0. The third-order valence-corrected chi connectivity index (χ3v) is 3.38. The molecule has 100 valence electrons. The highest BCUT2D eigenvalue weighted by Crippen LogP contribution is 2.17. The molecule has 0 amide bonds. The monoisotopic (exact) mass is 251 g/mol. The van der Waals surface area contributed by atoms with Crippen LogP contribution in [0.15, 0.2) is 24.3 Å². The average Bonchev–Trinajstić information content (AvgIpc) is 2.42. The normalized spacial score (nSPS) is 25.1. The topological polar surface area (TPSA) is 41.9 Å². The van der Waals surface area contributed by atoms with E-state index in [0.717, 1.165) is 18.8 Å². The van der Waals surface area contributed by atoms with Gasteiger partial charge in [-0.1, -0.05) is 12.1 Å². The molecule has 1 fully saturated rings. The largest absolute Gasteiger partial charge is 0.497 e. The van der Waals surface area contributed by atoms with E-state index in [-0.39, 0.29) is 12.7 Å². The summed E-state index contributed by atoms with van der Waals surface area (Å²) in [5.74, 6) is 0.877. The van der Waals surface area contributed by atoms with Gasteiger partial charge in [-0.2, -0.15) is 0 Å². The lowest BCUT2D eigenvalue weighted by molar-refractivity contribution is -0.0805. The van der Waals surface area contributed by atoms with E-state index in [1.807, 2.05) is 12.1 Å². The van der Waals surface area contributed by atoms with Crippen LogP contribution in [0.1, 0.15) is 12.5 Å². The van der Waals surface area contributed by atoms with Crippen molar-refractivity contribution >= 4 is 0 Å². The fourth-order valence-corrected chi connectivity index (χ4v) is 2.17. The minimum absolute atomic E-state index is 0.0561. The number of nitrogens with zero attached hydrogens (tertiary/aromatic N) is 1. The number of morpholine rings is 1. The number of aliphatic hydroxyl groups excluding tert-OH is 1. The van der Waals surface area contributed by atoms with Crippen molar-refractivity contribution in [1.82, 2.24) is 4.90 Å². The molecule has 0 radical (unpaired) electrons. The van der Waals surface area contributed by atoms with Gasteiger partial charge in [0, 0.05) is 19.1 Å². The highest BCUT2D eigenvalue weighted by Gasteiger charge is 2.25. The second-order valence-corrected chi connectivity index (χ2v) is 4.76. The molecule has 0 aliphatic carbocycles. The highest BCUT2D eigenvalue weighted by molar-refractivity contribution is 5.27. The maximum absolute atomic E-state index is 9.16. The van der Waals surface area contributed by atoms with E-state index in [4.69, 9.17) is 14.6 Å². The first-order valence-electron chi connectivity index (χ1n) is 6.32. The predicted molar refractivity (Wildman–Crippen MR) is 69.7 cm³/mol. The fraction of sp³-hybridized carbons (Fsp3) is 0.571. The van der Waals surface area contributed by atoms with Gasteiger partial charge in [-0.25, -0.2) is 0 Å². The first kappa shape index (κ1) is 13.3. The summed E-state index contributed by atoms with van der Waals surface area (Å²) in [6.07, 6.45) is -0.0561. The zero-order valence-electron chi connectivity index (χ0n) is 11.0. The lowest BCUT2D eigenvalue weighted by Gasteiger charge is -2.37. The molecule has 2 rings (SSSR count). The van der Waals surface area contributed by atoms with Crippen LogP contribution in [0.25, 0.3) is 0 Å². The first-order chi connectivity index (χ1) is 8.72. The van der Waals surface area contributed by atoms with Gasteiger partial charge in [-0.15, -0.1) is 0 Å². The number of methoxy groups -OCH3 is 1. The Balaban J connectivity index is 1.97. The summed E-state index contributed by atoms with van der Waals surface area (Å²) in [6.45, 7) is 4.58. The number of hydrogen-bond acceptors (Lipinski definition) is 4. The molecule has 1 aliphatic heterocycles. The standard InChI is InChI=1S/C14H21NO3/c1-11-10-18-14(9-16)8-15(11)7-12-3-5-13(17-2)6-4-12/h3-6,11,14,16H,7-10H2,1-2H3/t11-,14+/m1/s1. The Hall–Kier alpha value is -1.10. The Morgan fingerprint density at radius 2 is 2.11 bits per heavy atom. The molecule has 1 heterocycles. The molecule has 0 aromatic heterocycles. The van der Waals surface area contributed by atoms with Crippen molar-refractivity contribution in [2.75, 3.05) is 26.9 Å². The Morgan fingerprint density at radius 1 is 1.39 bits per heavy atom. The summed E-state index contributed by atoms with van der Waals surface area (Å²) in [5.41, 5.74) is 1.25. The van der Waals surface area contributed by atoms with Gasteiger partial charge < -0.3 is 14.6 Å². The van der Waals surface area contributed by atoms with Gasteiger partial charge >= 0.3 is 0 Å². The van der Waals surface area contributed by atoms with Crippen LogP contribution in [0.4, 0.5) is 0 Å². The molecular weight excluding hydrogens is 230 g/mol. The van der Waals surface area contributed by atoms with Crippen LogP contribution in [-0.2, 0) is 11.3 Å². The average molecular weight is 251 g/mol. The number of aliphatic hydroxyl groups is 1. The molecule has 0 unspecified atom stereocenters. The molecule has 1 saturated heterocycles. The van der Waals surface area contributed by atoms with Crippen molar-refractivity contribution in [2.45, 2.75) is 25.6 Å². The van der Waals surface area contributed by atoms with Gasteiger partial charge in [0.15, 0.2) is 0 Å². The quantitative estimate of drug-likeness (QED) is 0.875. The highest BCUT2D eigenvalue weighted by atomic mass is 16.5. The molecule has 1 N–H and O–H groups in total. The molecule has 18 heavy (non-hydrogen) atoms. The molecule has 0 bridgehead atoms. The predicted octanol–water partition coefficient (Wildman–Crippen LogP) is 1.28. The van der Waals surface area contributed by atoms with Gasteiger partial charge in [0.2, 0.25) is 0 Å². The zero-order chi connectivity index (χ0) is 13.0. The Kier molecular flexibility index (Phi) is 4.58. The van der Waals surface area contributed by atoms with Crippen molar-refractivity contribution in [3.63, 3.8) is 0 Å². The third kappa shape index (κ3) is 3.22. The molecule has 1 aliphatic rings. The van der Waals surface area contributed by atoms with E-state index in [0.29, 0.717) is 12.6 Å². The molecule has 1 aromatic carbocycles. The number of rotatable bonds is 4. The molecule has 0 saturated carbocycles. The maximum atomic E-state index is 9.16. The molecule has 4 nitrogen and oxygen atoms in total. The summed E-state index contributed by atoms with van der Waals surface area (Å²) in [7, 11) is 1.67. The van der Waals surface area contributed by atoms with Gasteiger partial charge in [0.25, 0.3) is 0 Å². The van der Waals surface area contributed by atoms with Crippen LogP contribution in [-0.4, -0.2) is 49.0 Å². The smallest absolute Gasteiger partial charge is 0.118 e. The lowest BCUT2D eigenvalue weighted by Crippen LogP contribution is -2.48. The number of hydrogen-bond donors (Lipinski definition) is 1. The van der Waals surface area contributed by atoms with Crippen molar-refractivity contribution in [3.05, 3.63) is 29.8 Å². The van der Waals surface area contributed by atoms with Crippen molar-refractivity contribution in [2.24, 2.45) is 0 Å². The van der Waals surface area contributed by atoms with Gasteiger partial charge in [0.1, 0.15) is 5.75 Å². The van der Waals surface area contributed by atoms with E-state index < -0.39 is 0 Å². The SMILES string of the molecule is COc1ccc(CN2C[C@@H](CO)OC[C@H]2C)cc1. The minimum Gasteiger partial charge on any atom is -0.497 e. The Bertz CT molecular complexity index is 366. The molecule has 4 heteroatoms. The molecule has 1 aromatic rings. The number of benzene rings is 1. The second-order valence-electron chi connectivity index (χ2n) is 4.76. The second kappa shape index (κ2) is 6.18. The molecule has 0 spiro atoms. The van der Waals surface area contributed by atoms with E-state index in [9.17, 15) is 0 Å². The summed E-state index contributed by atoms with van der Waals surface area (Å²) in [5, 5.41) is 9.16. The maximum Gasteiger partial charge on any atom is 0.118 e. The summed E-state index contributed by atoms with van der Waals surface area (Å²) in [6, 6.07) is 8.49. The lowest BCUT2D eigenvalue weighted by atomic mass is 10.1. The van der Waals surface area contributed by atoms with Gasteiger partial charge in [-0.05, 0) is 24.6 Å². The van der Waals surface area contributed by atoms with Crippen LogP contribution in [0.5, 0.6) is 5.75 Å². The van der Waals surface area contributed by atoms with E-state index >= 15 is 0 Å². The number of ether oxygens (including phenoxy) is 2. The summed E-state index contributed by atoms with van der Waals surface area (Å²) in [4.78, 5) is 2.34. The van der Waals surface area contributed by atoms with Crippen LogP contribution in [0.2, 0.25) is 0 Å². The molecule has 2 atom stereocenters. The van der Waals surface area contributed by atoms with Gasteiger partial charge in [-0.3, -0.25) is 4.90 Å². The summed E-state index contributed by atoms with van der Waals surface area (Å²) < 4.78 is 10.7. The van der Waals surface area contributed by atoms with Crippen LogP contribution < -0.4 is 4.74 Å². The fourth-order valence-electron chi connectivity index (χ4n) is 2.17. The van der Waals surface area contributed by atoms with Crippen molar-refractivity contribution < 1.29 is 14.6 Å². The van der Waals surface area contributed by atoms with Crippen molar-refractivity contribution in [1.29, 1.82) is 0 Å². The summed E-state index contributed by atoms with van der Waals surface area (Å²) >= 11 is 0. The first-order valence-corrected chi connectivity index (χ1v) is 6.32. The van der Waals surface area contributed by atoms with Crippen LogP contribution in [0.3, 0.4) is 0 Å². The van der Waals surface area contributed by atoms with E-state index in [1.165, 1.54) is 5.56 Å². The van der Waals surface area contributed by atoms with Crippen LogP contribution >= 0.6 is 0 Å². The van der Waals surface area contributed by atoms with Crippen molar-refractivity contribution in [3.8, 4) is 5.75 Å². The van der Waals surface area contributed by atoms with E-state index in [2.05, 4.69) is 24.0 Å².